The Kier molecular flexibility index (Phi) is 4.12. The lowest BCUT2D eigenvalue weighted by Crippen LogP contribution is -2.14. The molecule has 0 radical (unpaired) electrons. The molecule has 1 aromatic heterocycles. The molecule has 0 aliphatic heterocycles. The first-order valence-electron chi connectivity index (χ1n) is 5.13. The van der Waals surface area contributed by atoms with E-state index >= 15 is 0 Å². The minimum atomic E-state index is -4.61. The summed E-state index contributed by atoms with van der Waals surface area (Å²) in [5, 5.41) is -1.11. The summed E-state index contributed by atoms with van der Waals surface area (Å²) in [6, 6.07) is 0.630. The summed E-state index contributed by atoms with van der Waals surface area (Å²) in [5.74, 6) is -1.88. The molecule has 1 unspecified atom stereocenters. The van der Waals surface area contributed by atoms with Crippen molar-refractivity contribution < 1.29 is 22.0 Å². The molecule has 20 heavy (non-hydrogen) atoms. The number of hydrogen-bond acceptors (Lipinski definition) is 3. The van der Waals surface area contributed by atoms with E-state index in [4.69, 9.17) is 5.73 Å². The van der Waals surface area contributed by atoms with Gasteiger partial charge in [0.25, 0.3) is 0 Å². The highest BCUT2D eigenvalue weighted by atomic mass is 79.9. The van der Waals surface area contributed by atoms with E-state index in [1.54, 1.807) is 0 Å². The van der Waals surface area contributed by atoms with Crippen molar-refractivity contribution in [2.45, 2.75) is 12.2 Å². The third-order valence-electron chi connectivity index (χ3n) is 2.43. The third kappa shape index (κ3) is 2.99. The molecule has 1 heterocycles. The molecule has 0 bridgehead atoms. The Hall–Kier alpha value is -1.06. The summed E-state index contributed by atoms with van der Waals surface area (Å²) in [4.78, 5) is 3.10. The van der Waals surface area contributed by atoms with Crippen LogP contribution in [0.15, 0.2) is 22.8 Å². The standard InChI is InChI=1S/C11H6BrF5N2S/c12-4-1-5(13)8(6(14)2-4)9(18)7-3-19-10(20-7)11(15,16)17/h1-3,9H,18H2. The van der Waals surface area contributed by atoms with Gasteiger partial charge in [-0.05, 0) is 12.1 Å². The summed E-state index contributed by atoms with van der Waals surface area (Å²) in [5.41, 5.74) is 5.14. The van der Waals surface area contributed by atoms with Gasteiger partial charge in [0.15, 0.2) is 5.01 Å². The van der Waals surface area contributed by atoms with Crippen molar-refractivity contribution >= 4 is 27.3 Å². The van der Waals surface area contributed by atoms with Gasteiger partial charge in [-0.3, -0.25) is 0 Å². The molecule has 108 valence electrons. The fourth-order valence-corrected chi connectivity index (χ4v) is 2.75. The molecular weight excluding hydrogens is 367 g/mol. The minimum absolute atomic E-state index is 0.0718. The molecule has 0 amide bonds. The van der Waals surface area contributed by atoms with E-state index in [-0.39, 0.29) is 20.7 Å². The first-order chi connectivity index (χ1) is 9.20. The van der Waals surface area contributed by atoms with Crippen LogP contribution in [-0.4, -0.2) is 4.98 Å². The zero-order valence-electron chi connectivity index (χ0n) is 9.51. The van der Waals surface area contributed by atoms with Crippen molar-refractivity contribution in [2.24, 2.45) is 5.73 Å². The average Bonchev–Trinajstić information content (AvgIpc) is 2.75. The Bertz CT molecular complexity index is 617. The number of benzene rings is 1. The molecule has 0 saturated carbocycles. The van der Waals surface area contributed by atoms with Gasteiger partial charge in [-0.15, -0.1) is 11.3 Å². The van der Waals surface area contributed by atoms with Gasteiger partial charge in [-0.2, -0.15) is 13.2 Å². The van der Waals surface area contributed by atoms with E-state index in [0.717, 1.165) is 18.3 Å². The van der Waals surface area contributed by atoms with Crippen LogP contribution in [0.25, 0.3) is 0 Å². The summed E-state index contributed by atoms with van der Waals surface area (Å²) >= 11 is 3.16. The van der Waals surface area contributed by atoms with Crippen LogP contribution in [-0.2, 0) is 6.18 Å². The number of nitrogens with zero attached hydrogens (tertiary/aromatic N) is 1. The smallest absolute Gasteiger partial charge is 0.319 e. The lowest BCUT2D eigenvalue weighted by Gasteiger charge is -2.12. The Morgan fingerprint density at radius 3 is 2.20 bits per heavy atom. The highest BCUT2D eigenvalue weighted by Gasteiger charge is 2.35. The SMILES string of the molecule is NC(c1cnc(C(F)(F)F)s1)c1c(F)cc(Br)cc1F. The Balaban J connectivity index is 2.42. The van der Waals surface area contributed by atoms with Crippen molar-refractivity contribution in [3.8, 4) is 0 Å². The van der Waals surface area contributed by atoms with Crippen LogP contribution in [0.1, 0.15) is 21.5 Å². The van der Waals surface area contributed by atoms with E-state index in [2.05, 4.69) is 20.9 Å². The van der Waals surface area contributed by atoms with Crippen molar-refractivity contribution in [1.82, 2.24) is 4.98 Å². The van der Waals surface area contributed by atoms with Crippen molar-refractivity contribution in [1.29, 1.82) is 0 Å². The molecule has 0 saturated heterocycles. The number of rotatable bonds is 2. The van der Waals surface area contributed by atoms with Gasteiger partial charge in [-0.25, -0.2) is 13.8 Å². The van der Waals surface area contributed by atoms with Crippen LogP contribution in [0, 0.1) is 11.6 Å². The third-order valence-corrected chi connectivity index (χ3v) is 4.01. The van der Waals surface area contributed by atoms with Gasteiger partial charge in [0.1, 0.15) is 11.6 Å². The molecule has 9 heteroatoms. The van der Waals surface area contributed by atoms with Gasteiger partial charge in [-0.1, -0.05) is 15.9 Å². The maximum Gasteiger partial charge on any atom is 0.443 e. The molecule has 1 atom stereocenters. The Labute approximate surface area is 122 Å². The minimum Gasteiger partial charge on any atom is -0.319 e. The second kappa shape index (κ2) is 5.38. The fraction of sp³-hybridized carbons (Fsp3) is 0.182. The summed E-state index contributed by atoms with van der Waals surface area (Å²) in [7, 11) is 0. The molecule has 0 fully saturated rings. The van der Waals surface area contributed by atoms with Crippen LogP contribution >= 0.6 is 27.3 Å². The van der Waals surface area contributed by atoms with E-state index in [1.165, 1.54) is 0 Å². The van der Waals surface area contributed by atoms with Gasteiger partial charge in [0.2, 0.25) is 0 Å². The number of nitrogens with two attached hydrogens (primary N) is 1. The maximum atomic E-state index is 13.7. The van der Waals surface area contributed by atoms with E-state index in [0.29, 0.717) is 0 Å². The molecular formula is C11H6BrF5N2S. The summed E-state index contributed by atoms with van der Waals surface area (Å²) in [6.07, 6.45) is -3.74. The normalized spacial score (nSPS) is 13.6. The number of hydrogen-bond donors (Lipinski definition) is 1. The molecule has 2 aromatic rings. The Morgan fingerprint density at radius 2 is 1.75 bits per heavy atom. The number of alkyl halides is 3. The first kappa shape index (κ1) is 15.3. The Morgan fingerprint density at radius 1 is 1.20 bits per heavy atom. The van der Waals surface area contributed by atoms with Crippen LogP contribution in [0.2, 0.25) is 0 Å². The van der Waals surface area contributed by atoms with Gasteiger partial charge >= 0.3 is 6.18 Å². The lowest BCUT2D eigenvalue weighted by molar-refractivity contribution is -0.137. The fourth-order valence-electron chi connectivity index (χ4n) is 1.55. The van der Waals surface area contributed by atoms with Crippen molar-refractivity contribution in [3.63, 3.8) is 0 Å². The summed E-state index contributed by atoms with van der Waals surface area (Å²) < 4.78 is 64.9. The van der Waals surface area contributed by atoms with Crippen LogP contribution in [0.3, 0.4) is 0 Å². The quantitative estimate of drug-likeness (QED) is 0.800. The van der Waals surface area contributed by atoms with Gasteiger partial charge < -0.3 is 5.73 Å². The monoisotopic (exact) mass is 372 g/mol. The lowest BCUT2D eigenvalue weighted by atomic mass is 10.1. The number of halogens is 6. The molecule has 2 N–H and O–H groups in total. The molecule has 2 nitrogen and oxygen atoms in total. The predicted octanol–water partition coefficient (Wildman–Crippen LogP) is 4.25. The predicted molar refractivity (Wildman–Crippen MR) is 67.2 cm³/mol. The number of aromatic nitrogens is 1. The topological polar surface area (TPSA) is 38.9 Å². The molecule has 1 aromatic carbocycles. The van der Waals surface area contributed by atoms with E-state index in [1.807, 2.05) is 0 Å². The molecule has 2 rings (SSSR count). The highest BCUT2D eigenvalue weighted by molar-refractivity contribution is 9.10. The second-order valence-corrected chi connectivity index (χ2v) is 5.80. The van der Waals surface area contributed by atoms with Gasteiger partial charge in [0.05, 0.1) is 6.04 Å². The van der Waals surface area contributed by atoms with E-state index in [9.17, 15) is 22.0 Å². The molecule has 0 aliphatic rings. The maximum absolute atomic E-state index is 13.7. The van der Waals surface area contributed by atoms with Gasteiger partial charge in [0, 0.05) is 21.1 Å². The second-order valence-electron chi connectivity index (χ2n) is 3.83. The highest BCUT2D eigenvalue weighted by Crippen LogP contribution is 2.36. The van der Waals surface area contributed by atoms with Crippen molar-refractivity contribution in [3.05, 3.63) is 49.9 Å². The zero-order valence-corrected chi connectivity index (χ0v) is 11.9. The zero-order chi connectivity index (χ0) is 15.1. The largest absolute Gasteiger partial charge is 0.443 e. The molecule has 0 aliphatic carbocycles. The number of thiazole rings is 1. The average molecular weight is 373 g/mol. The van der Waals surface area contributed by atoms with Crippen LogP contribution in [0.4, 0.5) is 22.0 Å². The van der Waals surface area contributed by atoms with E-state index < -0.39 is 34.4 Å². The van der Waals surface area contributed by atoms with Crippen LogP contribution in [0.5, 0.6) is 0 Å². The van der Waals surface area contributed by atoms with Crippen LogP contribution < -0.4 is 5.73 Å². The van der Waals surface area contributed by atoms with Crippen molar-refractivity contribution in [2.75, 3.05) is 0 Å². The molecule has 0 spiro atoms. The summed E-state index contributed by atoms with van der Waals surface area (Å²) in [6.45, 7) is 0. The first-order valence-corrected chi connectivity index (χ1v) is 6.74.